The first-order valence-corrected chi connectivity index (χ1v) is 26.8. The molecule has 11 nitrogen and oxygen atoms in total. The lowest BCUT2D eigenvalue weighted by Gasteiger charge is -2.20. The summed E-state index contributed by atoms with van der Waals surface area (Å²) in [6.07, 6.45) is 55.7. The van der Waals surface area contributed by atoms with Gasteiger partial charge in [-0.3, -0.25) is 23.4 Å². The molecule has 4 N–H and O–H groups in total. The first-order valence-electron chi connectivity index (χ1n) is 25.3. The molecule has 0 amide bonds. The van der Waals surface area contributed by atoms with Gasteiger partial charge >= 0.3 is 25.7 Å². The summed E-state index contributed by atoms with van der Waals surface area (Å²) in [7, 11) is -4.73. The molecule has 12 heteroatoms. The van der Waals surface area contributed by atoms with Crippen molar-refractivity contribution in [2.24, 2.45) is 5.73 Å². The van der Waals surface area contributed by atoms with Gasteiger partial charge in [-0.25, -0.2) is 4.57 Å². The van der Waals surface area contributed by atoms with E-state index in [0.29, 0.717) is 12.8 Å². The fourth-order valence-corrected chi connectivity index (χ4v) is 7.59. The summed E-state index contributed by atoms with van der Waals surface area (Å²) >= 11 is 0. The Kier molecular flexibility index (Phi) is 44.6. The molecule has 0 rings (SSSR count). The van der Waals surface area contributed by atoms with Crippen LogP contribution < -0.4 is 5.73 Å². The number of hydrogen-bond donors (Lipinski definition) is 3. The number of rotatable bonds is 47. The second-order valence-corrected chi connectivity index (χ2v) is 18.4. The standard InChI is InChI=1S/C52H92NO10P/c1-3-5-7-9-11-13-15-17-19-21-22-23-24-25-26-28-29-31-33-35-37-39-41-43-50(54)60-45-48(46-61-64(58,59)62-47-49(53)52(56)57)63-51(55)44-42-40-38-36-34-32-30-27-20-18-16-14-12-10-8-6-4-2/h6,8,12,14-15,17-18,20-22,48-49H,3-5,7,9-11,13,16,19,23-47,53H2,1-2H3,(H,56,57)(H,58,59)/b8-6-,14-12-,17-15-,20-18-,22-21-. The highest BCUT2D eigenvalue weighted by atomic mass is 31.2. The Bertz CT molecular complexity index is 1310. The second-order valence-electron chi connectivity index (χ2n) is 16.9. The number of nitrogens with two attached hydrogens (primary N) is 1. The molecule has 0 spiro atoms. The maximum Gasteiger partial charge on any atom is 0.472 e. The van der Waals surface area contributed by atoms with E-state index in [1.165, 1.54) is 96.3 Å². The third kappa shape index (κ3) is 45.7. The van der Waals surface area contributed by atoms with E-state index < -0.39 is 51.1 Å². The SMILES string of the molecule is CC/C=C\C/C=C\C/C=C\CCCCCCCCCC(=O)OC(COC(=O)CCCCCCCCCCCCC/C=C\C/C=C\CCCCCCC)COP(=O)(O)OCC(N)C(=O)O. The lowest BCUT2D eigenvalue weighted by Crippen LogP contribution is -2.34. The third-order valence-corrected chi connectivity index (χ3v) is 11.7. The van der Waals surface area contributed by atoms with Gasteiger partial charge < -0.3 is 25.2 Å². The van der Waals surface area contributed by atoms with Crippen LogP contribution in [0.25, 0.3) is 0 Å². The van der Waals surface area contributed by atoms with Gasteiger partial charge in [0.15, 0.2) is 6.10 Å². The number of ether oxygens (including phenoxy) is 2. The lowest BCUT2D eigenvalue weighted by molar-refractivity contribution is -0.161. The van der Waals surface area contributed by atoms with Gasteiger partial charge in [0.05, 0.1) is 13.2 Å². The van der Waals surface area contributed by atoms with Gasteiger partial charge in [0.25, 0.3) is 0 Å². The van der Waals surface area contributed by atoms with Crippen molar-refractivity contribution in [2.45, 2.75) is 231 Å². The molecule has 0 aliphatic carbocycles. The fraction of sp³-hybridized carbons (Fsp3) is 0.750. The van der Waals surface area contributed by atoms with E-state index in [0.717, 1.165) is 83.5 Å². The van der Waals surface area contributed by atoms with Gasteiger partial charge in [0.1, 0.15) is 12.6 Å². The van der Waals surface area contributed by atoms with Crippen molar-refractivity contribution in [1.29, 1.82) is 0 Å². The number of allylic oxidation sites excluding steroid dienone is 10. The van der Waals surface area contributed by atoms with Crippen LogP contribution >= 0.6 is 7.82 Å². The zero-order valence-electron chi connectivity index (χ0n) is 40.4. The van der Waals surface area contributed by atoms with Gasteiger partial charge in [-0.15, -0.1) is 0 Å². The monoisotopic (exact) mass is 922 g/mol. The molecule has 0 radical (unpaired) electrons. The highest BCUT2D eigenvalue weighted by Crippen LogP contribution is 2.43. The number of carbonyl (C=O) groups excluding carboxylic acids is 2. The zero-order chi connectivity index (χ0) is 47.0. The molecule has 0 aliphatic rings. The quantitative estimate of drug-likeness (QED) is 0.0230. The average Bonchev–Trinajstić information content (AvgIpc) is 3.27. The van der Waals surface area contributed by atoms with E-state index >= 15 is 0 Å². The van der Waals surface area contributed by atoms with Crippen molar-refractivity contribution in [3.8, 4) is 0 Å². The molecule has 0 saturated heterocycles. The Morgan fingerprint density at radius 2 is 0.875 bits per heavy atom. The molecule has 0 bridgehead atoms. The number of hydrogen-bond acceptors (Lipinski definition) is 9. The predicted octanol–water partition coefficient (Wildman–Crippen LogP) is 14.3. The molecule has 0 aliphatic heterocycles. The Labute approximate surface area is 389 Å². The van der Waals surface area contributed by atoms with Crippen LogP contribution in [0.5, 0.6) is 0 Å². The number of esters is 2. The van der Waals surface area contributed by atoms with E-state index in [9.17, 15) is 23.8 Å². The first kappa shape index (κ1) is 61.2. The highest BCUT2D eigenvalue weighted by Gasteiger charge is 2.28. The second kappa shape index (κ2) is 46.7. The molecule has 0 aromatic carbocycles. The van der Waals surface area contributed by atoms with Crippen molar-refractivity contribution < 1.29 is 47.5 Å². The number of unbranched alkanes of at least 4 members (excludes halogenated alkanes) is 23. The topological polar surface area (TPSA) is 172 Å². The summed E-state index contributed by atoms with van der Waals surface area (Å²) < 4.78 is 32.8. The van der Waals surface area contributed by atoms with Crippen molar-refractivity contribution in [2.75, 3.05) is 19.8 Å². The van der Waals surface area contributed by atoms with Crippen LogP contribution in [0.3, 0.4) is 0 Å². The predicted molar refractivity (Wildman–Crippen MR) is 263 cm³/mol. The first-order chi connectivity index (χ1) is 31.1. The van der Waals surface area contributed by atoms with Gasteiger partial charge in [0, 0.05) is 12.8 Å². The molecular weight excluding hydrogens is 830 g/mol. The van der Waals surface area contributed by atoms with Crippen LogP contribution in [0.2, 0.25) is 0 Å². The molecule has 3 unspecified atom stereocenters. The van der Waals surface area contributed by atoms with Crippen LogP contribution in [-0.2, 0) is 37.5 Å². The largest absolute Gasteiger partial charge is 0.480 e. The van der Waals surface area contributed by atoms with E-state index in [1.54, 1.807) is 0 Å². The normalized spacial score (nSPS) is 14.1. The summed E-state index contributed by atoms with van der Waals surface area (Å²) in [6.45, 7) is 2.69. The van der Waals surface area contributed by atoms with Gasteiger partial charge in [-0.2, -0.15) is 0 Å². The molecule has 370 valence electrons. The van der Waals surface area contributed by atoms with Gasteiger partial charge in [-0.05, 0) is 77.0 Å². The van der Waals surface area contributed by atoms with Gasteiger partial charge in [-0.1, -0.05) is 190 Å². The van der Waals surface area contributed by atoms with E-state index in [-0.39, 0.29) is 19.4 Å². The third-order valence-electron chi connectivity index (χ3n) is 10.7. The smallest absolute Gasteiger partial charge is 0.472 e. The van der Waals surface area contributed by atoms with Crippen LogP contribution in [-0.4, -0.2) is 59.9 Å². The van der Waals surface area contributed by atoms with Crippen LogP contribution in [0.4, 0.5) is 0 Å². The number of phosphoric ester groups is 1. The minimum Gasteiger partial charge on any atom is -0.480 e. The highest BCUT2D eigenvalue weighted by molar-refractivity contribution is 7.47. The summed E-state index contributed by atoms with van der Waals surface area (Å²) in [5.41, 5.74) is 5.35. The lowest BCUT2D eigenvalue weighted by atomic mass is 10.0. The van der Waals surface area contributed by atoms with Crippen molar-refractivity contribution in [3.05, 3.63) is 60.8 Å². The Morgan fingerprint density at radius 3 is 1.31 bits per heavy atom. The number of phosphoric acid groups is 1. The van der Waals surface area contributed by atoms with Crippen molar-refractivity contribution in [3.63, 3.8) is 0 Å². The van der Waals surface area contributed by atoms with E-state index in [2.05, 4.69) is 79.1 Å². The number of carboxylic acids is 1. The number of aliphatic carboxylic acids is 1. The van der Waals surface area contributed by atoms with E-state index in [1.807, 2.05) is 0 Å². The van der Waals surface area contributed by atoms with Gasteiger partial charge in [0.2, 0.25) is 0 Å². The molecule has 0 heterocycles. The molecular formula is C52H92NO10P. The van der Waals surface area contributed by atoms with Crippen LogP contribution in [0.1, 0.15) is 219 Å². The molecule has 0 fully saturated rings. The number of carbonyl (C=O) groups is 3. The summed E-state index contributed by atoms with van der Waals surface area (Å²) in [5.74, 6) is -2.39. The Balaban J connectivity index is 4.24. The molecule has 64 heavy (non-hydrogen) atoms. The van der Waals surface area contributed by atoms with Crippen molar-refractivity contribution in [1.82, 2.24) is 0 Å². The number of carboxylic acid groups (broad SMARTS) is 1. The molecule has 0 saturated carbocycles. The van der Waals surface area contributed by atoms with Crippen LogP contribution in [0.15, 0.2) is 60.8 Å². The molecule has 3 atom stereocenters. The average molecular weight is 922 g/mol. The minimum absolute atomic E-state index is 0.148. The van der Waals surface area contributed by atoms with Crippen molar-refractivity contribution >= 4 is 25.7 Å². The fourth-order valence-electron chi connectivity index (χ4n) is 6.82. The summed E-state index contributed by atoms with van der Waals surface area (Å²) in [4.78, 5) is 46.2. The molecule has 0 aromatic rings. The summed E-state index contributed by atoms with van der Waals surface area (Å²) in [6, 6.07) is -1.53. The zero-order valence-corrected chi connectivity index (χ0v) is 41.3. The maximum absolute atomic E-state index is 12.7. The maximum atomic E-state index is 12.7. The Hall–Kier alpha value is -2.82. The molecule has 0 aromatic heterocycles. The minimum atomic E-state index is -4.73. The summed E-state index contributed by atoms with van der Waals surface area (Å²) in [5, 5.41) is 8.92. The Morgan fingerprint density at radius 1 is 0.500 bits per heavy atom. The van der Waals surface area contributed by atoms with E-state index in [4.69, 9.17) is 24.8 Å². The van der Waals surface area contributed by atoms with Crippen LogP contribution in [0, 0.1) is 0 Å².